The summed E-state index contributed by atoms with van der Waals surface area (Å²) in [7, 11) is 1.52. The molecule has 1 heterocycles. The Kier molecular flexibility index (Phi) is 6.83. The maximum atomic E-state index is 12.3. The van der Waals surface area contributed by atoms with Crippen molar-refractivity contribution in [1.82, 2.24) is 10.2 Å². The smallest absolute Gasteiger partial charge is 0.266 e. The van der Waals surface area contributed by atoms with E-state index >= 15 is 0 Å². The van der Waals surface area contributed by atoms with Crippen molar-refractivity contribution in [1.29, 1.82) is 0 Å². The zero-order valence-corrected chi connectivity index (χ0v) is 16.0. The molecule has 6 nitrogen and oxygen atoms in total. The van der Waals surface area contributed by atoms with Crippen molar-refractivity contribution in [2.75, 3.05) is 26.8 Å². The summed E-state index contributed by atoms with van der Waals surface area (Å²) in [4.78, 5) is 25.9. The number of thioether (sulfide) groups is 1. The number of likely N-dealkylation sites (N-methyl/N-ethyl adjacent to an activating group) is 2. The van der Waals surface area contributed by atoms with E-state index in [1.165, 1.54) is 18.9 Å². The second-order valence-corrected chi connectivity index (χ2v) is 6.75. The first kappa shape index (κ1) is 19.3. The number of hydrogen-bond acceptors (Lipinski definition) is 6. The molecule has 8 heteroatoms. The molecule has 1 aliphatic heterocycles. The highest BCUT2D eigenvalue weighted by atomic mass is 32.2. The minimum absolute atomic E-state index is 0.0846. The second kappa shape index (κ2) is 8.87. The summed E-state index contributed by atoms with van der Waals surface area (Å²) in [5, 5.41) is 2.66. The number of nitrogens with one attached hydrogen (secondary N) is 1. The molecule has 1 fully saturated rings. The predicted molar refractivity (Wildman–Crippen MR) is 103 cm³/mol. The molecule has 2 rings (SSSR count). The number of hydrogen-bond donors (Lipinski definition) is 1. The van der Waals surface area contributed by atoms with E-state index in [9.17, 15) is 9.59 Å². The third-order valence-corrected chi connectivity index (χ3v) is 4.79. The fourth-order valence-corrected chi connectivity index (χ4v) is 3.59. The Bertz CT molecular complexity index is 719. The van der Waals surface area contributed by atoms with Crippen LogP contribution in [0.4, 0.5) is 0 Å². The molecule has 1 N–H and O–H groups in total. The van der Waals surface area contributed by atoms with E-state index in [1.54, 1.807) is 29.2 Å². The van der Waals surface area contributed by atoms with Crippen LogP contribution in [0.15, 0.2) is 23.1 Å². The fraction of sp³-hybridized carbons (Fsp3) is 0.353. The first-order valence-electron chi connectivity index (χ1n) is 7.83. The summed E-state index contributed by atoms with van der Waals surface area (Å²) in [6.45, 7) is 4.75. The topological polar surface area (TPSA) is 67.9 Å². The molecule has 1 aromatic carbocycles. The summed E-state index contributed by atoms with van der Waals surface area (Å²) >= 11 is 6.49. The normalized spacial score (nSPS) is 15.6. The molecule has 25 heavy (non-hydrogen) atoms. The van der Waals surface area contributed by atoms with Crippen LogP contribution in [0.2, 0.25) is 0 Å². The minimum atomic E-state index is -0.197. The number of rotatable bonds is 7. The predicted octanol–water partition coefficient (Wildman–Crippen LogP) is 2.43. The maximum absolute atomic E-state index is 12.3. The Balaban J connectivity index is 2.16. The van der Waals surface area contributed by atoms with E-state index in [0.29, 0.717) is 33.8 Å². The molecular weight excluding hydrogens is 360 g/mol. The summed E-state index contributed by atoms with van der Waals surface area (Å²) in [5.41, 5.74) is 0.791. The van der Waals surface area contributed by atoms with Gasteiger partial charge in [0.2, 0.25) is 0 Å². The lowest BCUT2D eigenvalue weighted by atomic mass is 10.2. The molecule has 1 saturated heterocycles. The standard InChI is InChI=1S/C17H20N2O4S2/c1-4-18-15(20)10-23-12-7-6-11(8-13(12)22-3)9-14-16(21)19(5-2)17(24)25-14/h6-9H,4-5,10H2,1-3H3,(H,18,20)/b14-9-. The number of thiocarbonyl (C=S) groups is 1. The van der Waals surface area contributed by atoms with Gasteiger partial charge < -0.3 is 14.8 Å². The Hall–Kier alpha value is -2.06. The molecule has 1 aliphatic rings. The molecule has 0 radical (unpaired) electrons. The van der Waals surface area contributed by atoms with E-state index in [4.69, 9.17) is 21.7 Å². The van der Waals surface area contributed by atoms with E-state index in [0.717, 1.165) is 5.56 Å². The quantitative estimate of drug-likeness (QED) is 0.579. The van der Waals surface area contributed by atoms with Gasteiger partial charge in [-0.1, -0.05) is 30.0 Å². The second-order valence-electron chi connectivity index (χ2n) is 5.08. The van der Waals surface area contributed by atoms with Crippen molar-refractivity contribution in [3.05, 3.63) is 28.7 Å². The number of methoxy groups -OCH3 is 1. The SMILES string of the molecule is CCNC(=O)COc1ccc(/C=C2\SC(=S)N(CC)C2=O)cc1OC. The Morgan fingerprint density at radius 2 is 2.12 bits per heavy atom. The van der Waals surface area contributed by atoms with Crippen molar-refractivity contribution in [2.24, 2.45) is 0 Å². The molecule has 134 valence electrons. The lowest BCUT2D eigenvalue weighted by Crippen LogP contribution is -2.28. The van der Waals surface area contributed by atoms with Gasteiger partial charge in [0.05, 0.1) is 12.0 Å². The molecule has 0 aromatic heterocycles. The zero-order valence-electron chi connectivity index (χ0n) is 14.3. The van der Waals surface area contributed by atoms with Crippen molar-refractivity contribution in [3.8, 4) is 11.5 Å². The molecule has 1 aromatic rings. The highest BCUT2D eigenvalue weighted by Crippen LogP contribution is 2.34. The Morgan fingerprint density at radius 3 is 2.72 bits per heavy atom. The molecule has 2 amide bonds. The van der Waals surface area contributed by atoms with E-state index in [-0.39, 0.29) is 18.4 Å². The lowest BCUT2D eigenvalue weighted by Gasteiger charge is -2.11. The lowest BCUT2D eigenvalue weighted by molar-refractivity contribution is -0.123. The highest BCUT2D eigenvalue weighted by molar-refractivity contribution is 8.26. The third-order valence-electron chi connectivity index (χ3n) is 3.41. The van der Waals surface area contributed by atoms with Gasteiger partial charge in [-0.2, -0.15) is 0 Å². The maximum Gasteiger partial charge on any atom is 0.266 e. The van der Waals surface area contributed by atoms with Gasteiger partial charge in [0.25, 0.3) is 11.8 Å². The van der Waals surface area contributed by atoms with Gasteiger partial charge in [-0.05, 0) is 37.6 Å². The van der Waals surface area contributed by atoms with E-state index in [2.05, 4.69) is 5.32 Å². The summed E-state index contributed by atoms with van der Waals surface area (Å²) in [5.74, 6) is 0.668. The van der Waals surface area contributed by atoms with Crippen molar-refractivity contribution < 1.29 is 19.1 Å². The zero-order chi connectivity index (χ0) is 18.4. The highest BCUT2D eigenvalue weighted by Gasteiger charge is 2.30. The van der Waals surface area contributed by atoms with Gasteiger partial charge >= 0.3 is 0 Å². The summed E-state index contributed by atoms with van der Waals surface area (Å²) in [6.07, 6.45) is 1.77. The van der Waals surface area contributed by atoms with Crippen LogP contribution >= 0.6 is 24.0 Å². The van der Waals surface area contributed by atoms with Crippen LogP contribution in [-0.2, 0) is 9.59 Å². The average molecular weight is 380 g/mol. The molecular formula is C17H20N2O4S2. The molecule has 0 saturated carbocycles. The van der Waals surface area contributed by atoms with Crippen molar-refractivity contribution in [3.63, 3.8) is 0 Å². The first-order chi connectivity index (χ1) is 12.0. The van der Waals surface area contributed by atoms with Crippen LogP contribution in [-0.4, -0.2) is 47.8 Å². The monoisotopic (exact) mass is 380 g/mol. The van der Waals surface area contributed by atoms with Gasteiger partial charge in [0, 0.05) is 13.1 Å². The largest absolute Gasteiger partial charge is 0.493 e. The first-order valence-corrected chi connectivity index (χ1v) is 9.05. The number of benzene rings is 1. The van der Waals surface area contributed by atoms with Gasteiger partial charge in [-0.3, -0.25) is 14.5 Å². The molecule has 0 unspecified atom stereocenters. The van der Waals surface area contributed by atoms with Gasteiger partial charge in [-0.25, -0.2) is 0 Å². The summed E-state index contributed by atoms with van der Waals surface area (Å²) in [6, 6.07) is 5.27. The number of amides is 2. The van der Waals surface area contributed by atoms with Crippen LogP contribution in [0, 0.1) is 0 Å². The van der Waals surface area contributed by atoms with Crippen LogP contribution < -0.4 is 14.8 Å². The number of nitrogens with zero attached hydrogens (tertiary/aromatic N) is 1. The number of carbonyl (C=O) groups excluding carboxylic acids is 2. The molecule has 0 aliphatic carbocycles. The fourth-order valence-electron chi connectivity index (χ4n) is 2.21. The van der Waals surface area contributed by atoms with E-state index < -0.39 is 0 Å². The minimum Gasteiger partial charge on any atom is -0.493 e. The summed E-state index contributed by atoms with van der Waals surface area (Å²) < 4.78 is 11.4. The molecule has 0 bridgehead atoms. The van der Waals surface area contributed by atoms with Gasteiger partial charge in [0.1, 0.15) is 4.32 Å². The molecule has 0 atom stereocenters. The van der Waals surface area contributed by atoms with Crippen LogP contribution in [0.5, 0.6) is 11.5 Å². The molecule has 0 spiro atoms. The van der Waals surface area contributed by atoms with Gasteiger partial charge in [-0.15, -0.1) is 0 Å². The van der Waals surface area contributed by atoms with Crippen molar-refractivity contribution >= 4 is 46.2 Å². The van der Waals surface area contributed by atoms with E-state index in [1.807, 2.05) is 13.8 Å². The van der Waals surface area contributed by atoms with Crippen LogP contribution in [0.1, 0.15) is 19.4 Å². The van der Waals surface area contributed by atoms with Crippen LogP contribution in [0.25, 0.3) is 6.08 Å². The van der Waals surface area contributed by atoms with Gasteiger partial charge in [0.15, 0.2) is 18.1 Å². The Labute approximate surface area is 156 Å². The van der Waals surface area contributed by atoms with Crippen molar-refractivity contribution in [2.45, 2.75) is 13.8 Å². The third kappa shape index (κ3) is 4.73. The number of ether oxygens (including phenoxy) is 2. The van der Waals surface area contributed by atoms with Crippen LogP contribution in [0.3, 0.4) is 0 Å². The number of carbonyl (C=O) groups is 2. The Morgan fingerprint density at radius 1 is 1.36 bits per heavy atom. The average Bonchev–Trinajstić information content (AvgIpc) is 2.86.